The molecule has 1 N–H and O–H groups in total. The minimum atomic E-state index is -3.50. The smallest absolute Gasteiger partial charge is 0.240 e. The maximum Gasteiger partial charge on any atom is 0.240 e. The molecule has 2 atom stereocenters. The van der Waals surface area contributed by atoms with Crippen LogP contribution >= 0.6 is 15.9 Å². The van der Waals surface area contributed by atoms with Crippen molar-refractivity contribution in [2.45, 2.75) is 50.5 Å². The van der Waals surface area contributed by atoms with Gasteiger partial charge in [0.25, 0.3) is 0 Å². The van der Waals surface area contributed by atoms with Gasteiger partial charge < -0.3 is 4.74 Å². The summed E-state index contributed by atoms with van der Waals surface area (Å²) >= 11 is 3.37. The molecule has 2 rings (SSSR count). The number of rotatable bonds is 5. The summed E-state index contributed by atoms with van der Waals surface area (Å²) in [6, 6.07) is 4.92. The number of sulfonamides is 1. The van der Waals surface area contributed by atoms with Crippen LogP contribution in [0.25, 0.3) is 0 Å². The molecular formula is C15H22BrNO3S. The van der Waals surface area contributed by atoms with E-state index in [1.54, 1.807) is 18.2 Å². The van der Waals surface area contributed by atoms with Crippen molar-refractivity contribution in [3.63, 3.8) is 0 Å². The highest BCUT2D eigenvalue weighted by atomic mass is 79.9. The maximum absolute atomic E-state index is 12.5. The molecule has 1 aliphatic rings. The summed E-state index contributed by atoms with van der Waals surface area (Å²) in [4.78, 5) is 0.256. The van der Waals surface area contributed by atoms with E-state index in [1.807, 2.05) is 6.92 Å². The van der Waals surface area contributed by atoms with Crippen LogP contribution in [-0.2, 0) is 10.0 Å². The number of nitrogens with one attached hydrogen (secondary N) is 1. The molecule has 1 aliphatic carbocycles. The van der Waals surface area contributed by atoms with Gasteiger partial charge in [0.15, 0.2) is 0 Å². The van der Waals surface area contributed by atoms with Gasteiger partial charge in [-0.1, -0.05) is 19.8 Å². The number of benzene rings is 1. The summed E-state index contributed by atoms with van der Waals surface area (Å²) in [6.45, 7) is 4.48. The molecule has 21 heavy (non-hydrogen) atoms. The lowest BCUT2D eigenvalue weighted by molar-refractivity contribution is 0.310. The van der Waals surface area contributed by atoms with Crippen LogP contribution in [0.15, 0.2) is 27.6 Å². The van der Waals surface area contributed by atoms with Gasteiger partial charge in [0.1, 0.15) is 5.75 Å². The van der Waals surface area contributed by atoms with Crippen molar-refractivity contribution >= 4 is 26.0 Å². The Balaban J connectivity index is 2.20. The maximum atomic E-state index is 12.5. The highest BCUT2D eigenvalue weighted by Gasteiger charge is 2.27. The van der Waals surface area contributed by atoms with Crippen LogP contribution in [0.3, 0.4) is 0 Å². The first-order chi connectivity index (χ1) is 9.94. The molecule has 0 spiro atoms. The highest BCUT2D eigenvalue weighted by Crippen LogP contribution is 2.29. The minimum Gasteiger partial charge on any atom is -0.493 e. The van der Waals surface area contributed by atoms with E-state index in [1.165, 1.54) is 6.42 Å². The Bertz CT molecular complexity index is 589. The van der Waals surface area contributed by atoms with E-state index in [0.717, 1.165) is 23.7 Å². The highest BCUT2D eigenvalue weighted by molar-refractivity contribution is 9.10. The predicted molar refractivity (Wildman–Crippen MR) is 87.1 cm³/mol. The number of hydrogen-bond acceptors (Lipinski definition) is 3. The third kappa shape index (κ3) is 4.20. The van der Waals surface area contributed by atoms with E-state index in [-0.39, 0.29) is 10.9 Å². The van der Waals surface area contributed by atoms with Crippen LogP contribution in [-0.4, -0.2) is 21.1 Å². The molecule has 0 aliphatic heterocycles. The Morgan fingerprint density at radius 2 is 2.05 bits per heavy atom. The van der Waals surface area contributed by atoms with E-state index in [9.17, 15) is 8.42 Å². The summed E-state index contributed by atoms with van der Waals surface area (Å²) in [6.07, 6.45) is 4.27. The van der Waals surface area contributed by atoms with Gasteiger partial charge in [-0.25, -0.2) is 13.1 Å². The van der Waals surface area contributed by atoms with Crippen molar-refractivity contribution in [1.82, 2.24) is 4.72 Å². The van der Waals surface area contributed by atoms with Gasteiger partial charge in [0.2, 0.25) is 10.0 Å². The van der Waals surface area contributed by atoms with Gasteiger partial charge in [0.05, 0.1) is 16.0 Å². The molecular weight excluding hydrogens is 354 g/mol. The third-order valence-electron chi connectivity index (χ3n) is 3.93. The standard InChI is InChI=1S/C15H22BrNO3S/c1-3-20-15-10-12(8-9-13(15)16)21(18,19)17-14-7-5-4-6-11(14)2/h8-11,14,17H,3-7H2,1-2H3/t11-,14-/m1/s1. The zero-order valence-corrected chi connectivity index (χ0v) is 14.8. The van der Waals surface area contributed by atoms with Gasteiger partial charge in [0, 0.05) is 12.1 Å². The molecule has 1 fully saturated rings. The molecule has 0 saturated heterocycles. The molecule has 6 heteroatoms. The van der Waals surface area contributed by atoms with Crippen LogP contribution in [0.2, 0.25) is 0 Å². The zero-order valence-electron chi connectivity index (χ0n) is 12.4. The molecule has 118 valence electrons. The van der Waals surface area contributed by atoms with Crippen molar-refractivity contribution in [3.05, 3.63) is 22.7 Å². The quantitative estimate of drug-likeness (QED) is 0.853. The summed E-state index contributed by atoms with van der Waals surface area (Å²) in [7, 11) is -3.50. The number of ether oxygens (including phenoxy) is 1. The van der Waals surface area contributed by atoms with Gasteiger partial charge in [-0.05, 0) is 53.7 Å². The van der Waals surface area contributed by atoms with Crippen LogP contribution < -0.4 is 9.46 Å². The molecule has 1 aromatic rings. The second-order valence-electron chi connectivity index (χ2n) is 5.51. The first-order valence-corrected chi connectivity index (χ1v) is 9.66. The predicted octanol–water partition coefficient (Wildman–Crippen LogP) is 3.70. The fourth-order valence-electron chi connectivity index (χ4n) is 2.68. The Morgan fingerprint density at radius 1 is 1.33 bits per heavy atom. The zero-order chi connectivity index (χ0) is 15.5. The summed E-state index contributed by atoms with van der Waals surface area (Å²) in [5, 5.41) is 0. The normalized spacial score (nSPS) is 23.0. The van der Waals surface area contributed by atoms with E-state index in [4.69, 9.17) is 4.74 Å². The molecule has 0 radical (unpaired) electrons. The molecule has 0 bridgehead atoms. The van der Waals surface area contributed by atoms with Crippen molar-refractivity contribution in [1.29, 1.82) is 0 Å². The lowest BCUT2D eigenvalue weighted by Gasteiger charge is -2.29. The minimum absolute atomic E-state index is 0.0305. The van der Waals surface area contributed by atoms with E-state index in [0.29, 0.717) is 18.3 Å². The van der Waals surface area contributed by atoms with Crippen molar-refractivity contribution < 1.29 is 13.2 Å². The molecule has 0 unspecified atom stereocenters. The topological polar surface area (TPSA) is 55.4 Å². The van der Waals surface area contributed by atoms with E-state index < -0.39 is 10.0 Å². The SMILES string of the molecule is CCOc1cc(S(=O)(=O)N[C@@H]2CCCC[C@H]2C)ccc1Br. The van der Waals surface area contributed by atoms with E-state index in [2.05, 4.69) is 27.6 Å². The average molecular weight is 376 g/mol. The van der Waals surface area contributed by atoms with Crippen molar-refractivity contribution in [2.24, 2.45) is 5.92 Å². The number of hydrogen-bond donors (Lipinski definition) is 1. The largest absolute Gasteiger partial charge is 0.493 e. The monoisotopic (exact) mass is 375 g/mol. The second kappa shape index (κ2) is 7.11. The van der Waals surface area contributed by atoms with Gasteiger partial charge in [-0.2, -0.15) is 0 Å². The summed E-state index contributed by atoms with van der Waals surface area (Å²) in [5.41, 5.74) is 0. The van der Waals surface area contributed by atoms with Crippen LogP contribution in [0.4, 0.5) is 0 Å². The van der Waals surface area contributed by atoms with Crippen LogP contribution in [0.5, 0.6) is 5.75 Å². The molecule has 0 aromatic heterocycles. The van der Waals surface area contributed by atoms with Crippen molar-refractivity contribution in [2.75, 3.05) is 6.61 Å². The molecule has 1 saturated carbocycles. The van der Waals surface area contributed by atoms with Gasteiger partial charge >= 0.3 is 0 Å². The third-order valence-corrected chi connectivity index (χ3v) is 6.07. The van der Waals surface area contributed by atoms with E-state index >= 15 is 0 Å². The summed E-state index contributed by atoms with van der Waals surface area (Å²) < 4.78 is 34.1. The van der Waals surface area contributed by atoms with Gasteiger partial charge in [-0.3, -0.25) is 0 Å². The first-order valence-electron chi connectivity index (χ1n) is 7.38. The molecule has 0 heterocycles. The second-order valence-corrected chi connectivity index (χ2v) is 8.08. The Labute approximate surface area is 135 Å². The summed E-state index contributed by atoms with van der Waals surface area (Å²) in [5.74, 6) is 0.937. The Kier molecular flexibility index (Phi) is 5.68. The number of halogens is 1. The fourth-order valence-corrected chi connectivity index (χ4v) is 4.43. The molecule has 4 nitrogen and oxygen atoms in total. The lowest BCUT2D eigenvalue weighted by Crippen LogP contribution is -2.40. The fraction of sp³-hybridized carbons (Fsp3) is 0.600. The van der Waals surface area contributed by atoms with Gasteiger partial charge in [-0.15, -0.1) is 0 Å². The lowest BCUT2D eigenvalue weighted by atomic mass is 9.87. The average Bonchev–Trinajstić information content (AvgIpc) is 2.44. The van der Waals surface area contributed by atoms with Crippen LogP contribution in [0, 0.1) is 5.92 Å². The first kappa shape index (κ1) is 16.8. The molecule has 0 amide bonds. The molecule has 1 aromatic carbocycles. The Hall–Kier alpha value is -0.590. The Morgan fingerprint density at radius 3 is 2.71 bits per heavy atom. The van der Waals surface area contributed by atoms with Crippen LogP contribution in [0.1, 0.15) is 39.5 Å². The van der Waals surface area contributed by atoms with Crippen molar-refractivity contribution in [3.8, 4) is 5.75 Å².